The van der Waals surface area contributed by atoms with Crippen molar-refractivity contribution in [3.8, 4) is 0 Å². The first kappa shape index (κ1) is 8.93. The molecule has 0 saturated carbocycles. The van der Waals surface area contributed by atoms with Crippen LogP contribution in [0.4, 0.5) is 0 Å². The highest BCUT2D eigenvalue weighted by molar-refractivity contribution is 4.93. The molecule has 1 rings (SSSR count). The number of hydrogen-bond acceptors (Lipinski definition) is 3. The van der Waals surface area contributed by atoms with Crippen molar-refractivity contribution in [3.63, 3.8) is 0 Å². The molecule has 0 fully saturated rings. The summed E-state index contributed by atoms with van der Waals surface area (Å²) in [5.74, 6) is 0. The first-order valence-corrected chi connectivity index (χ1v) is 3.93. The number of nitrogens with one attached hydrogen (secondary N) is 1. The largest absolute Gasteiger partial charge is 0.305 e. The summed E-state index contributed by atoms with van der Waals surface area (Å²) >= 11 is 0. The van der Waals surface area contributed by atoms with Gasteiger partial charge in [-0.2, -0.15) is 0 Å². The van der Waals surface area contributed by atoms with Crippen molar-refractivity contribution in [2.75, 3.05) is 0 Å². The molecule has 1 N–H and O–H groups in total. The van der Waals surface area contributed by atoms with E-state index in [9.17, 15) is 0 Å². The van der Waals surface area contributed by atoms with Crippen LogP contribution in [0.15, 0.2) is 18.9 Å². The van der Waals surface area contributed by atoms with E-state index in [0.29, 0.717) is 6.04 Å². The fourth-order valence-electron chi connectivity index (χ4n) is 0.825. The molecule has 4 nitrogen and oxygen atoms in total. The van der Waals surface area contributed by atoms with Gasteiger partial charge in [0.1, 0.15) is 0 Å². The van der Waals surface area contributed by atoms with Crippen LogP contribution >= 0.6 is 0 Å². The summed E-state index contributed by atoms with van der Waals surface area (Å²) in [6.07, 6.45) is 3.75. The average molecular weight is 166 g/mol. The smallest absolute Gasteiger partial charge is 0.0964 e. The third-order valence-corrected chi connectivity index (χ3v) is 1.61. The molecule has 0 aromatic carbocycles. The molecule has 0 amide bonds. The SMILES string of the molecule is C=CC(C)NCc1cn(C)nn1. The second-order valence-electron chi connectivity index (χ2n) is 2.79. The van der Waals surface area contributed by atoms with Gasteiger partial charge in [0.15, 0.2) is 0 Å². The van der Waals surface area contributed by atoms with Gasteiger partial charge in [-0.15, -0.1) is 11.7 Å². The molecule has 0 spiro atoms. The third kappa shape index (κ3) is 2.47. The number of rotatable bonds is 4. The molecule has 0 radical (unpaired) electrons. The molecule has 0 aliphatic rings. The maximum absolute atomic E-state index is 3.94. The van der Waals surface area contributed by atoms with E-state index in [1.54, 1.807) is 4.68 Å². The molecule has 1 atom stereocenters. The first-order chi connectivity index (χ1) is 5.72. The molecule has 1 unspecified atom stereocenters. The van der Waals surface area contributed by atoms with Gasteiger partial charge in [0, 0.05) is 25.8 Å². The van der Waals surface area contributed by atoms with Crippen LogP contribution in [-0.4, -0.2) is 21.0 Å². The van der Waals surface area contributed by atoms with Crippen molar-refractivity contribution in [1.82, 2.24) is 20.3 Å². The van der Waals surface area contributed by atoms with E-state index in [0.717, 1.165) is 12.2 Å². The third-order valence-electron chi connectivity index (χ3n) is 1.61. The zero-order valence-corrected chi connectivity index (χ0v) is 7.49. The van der Waals surface area contributed by atoms with Gasteiger partial charge in [-0.05, 0) is 6.92 Å². The van der Waals surface area contributed by atoms with Crippen molar-refractivity contribution in [2.24, 2.45) is 7.05 Å². The molecule has 0 bridgehead atoms. The van der Waals surface area contributed by atoms with Gasteiger partial charge in [0.25, 0.3) is 0 Å². The average Bonchev–Trinajstić information content (AvgIpc) is 2.47. The molecule has 66 valence electrons. The van der Waals surface area contributed by atoms with Crippen LogP contribution in [0.1, 0.15) is 12.6 Å². The Morgan fingerprint density at radius 3 is 3.08 bits per heavy atom. The van der Waals surface area contributed by atoms with Gasteiger partial charge in [-0.1, -0.05) is 11.3 Å². The number of aromatic nitrogens is 3. The Kier molecular flexibility index (Phi) is 2.99. The first-order valence-electron chi connectivity index (χ1n) is 3.93. The highest BCUT2D eigenvalue weighted by Gasteiger charge is 1.99. The standard InChI is InChI=1S/C8H14N4/c1-4-7(2)9-5-8-6-12(3)11-10-8/h4,6-7,9H,1,5H2,2-3H3. The van der Waals surface area contributed by atoms with Crippen LogP contribution in [0.3, 0.4) is 0 Å². The van der Waals surface area contributed by atoms with Gasteiger partial charge in [-0.3, -0.25) is 4.68 Å². The predicted octanol–water partition coefficient (Wildman–Crippen LogP) is 0.479. The van der Waals surface area contributed by atoms with Gasteiger partial charge in [0.05, 0.1) is 5.69 Å². The minimum atomic E-state index is 0.312. The van der Waals surface area contributed by atoms with E-state index in [-0.39, 0.29) is 0 Å². The lowest BCUT2D eigenvalue weighted by Gasteiger charge is -2.05. The molecular formula is C8H14N4. The monoisotopic (exact) mass is 166 g/mol. The van der Waals surface area contributed by atoms with Crippen LogP contribution in [0.2, 0.25) is 0 Å². The summed E-state index contributed by atoms with van der Waals surface area (Å²) in [5.41, 5.74) is 0.950. The second-order valence-corrected chi connectivity index (χ2v) is 2.79. The molecule has 0 aliphatic heterocycles. The van der Waals surface area contributed by atoms with Gasteiger partial charge in [0.2, 0.25) is 0 Å². The van der Waals surface area contributed by atoms with Crippen LogP contribution in [0, 0.1) is 0 Å². The lowest BCUT2D eigenvalue weighted by molar-refractivity contribution is 0.623. The summed E-state index contributed by atoms with van der Waals surface area (Å²) in [6, 6.07) is 0.312. The topological polar surface area (TPSA) is 42.7 Å². The predicted molar refractivity (Wildman–Crippen MR) is 47.5 cm³/mol. The number of hydrogen-bond donors (Lipinski definition) is 1. The van der Waals surface area contributed by atoms with Gasteiger partial charge in [-0.25, -0.2) is 0 Å². The number of nitrogens with zero attached hydrogens (tertiary/aromatic N) is 3. The molecule has 1 heterocycles. The van der Waals surface area contributed by atoms with E-state index in [2.05, 4.69) is 22.2 Å². The van der Waals surface area contributed by atoms with E-state index in [4.69, 9.17) is 0 Å². The fourth-order valence-corrected chi connectivity index (χ4v) is 0.825. The quantitative estimate of drug-likeness (QED) is 0.661. The summed E-state index contributed by atoms with van der Waals surface area (Å²) in [7, 11) is 1.85. The van der Waals surface area contributed by atoms with Crippen molar-refractivity contribution in [2.45, 2.75) is 19.5 Å². The Morgan fingerprint density at radius 1 is 1.83 bits per heavy atom. The van der Waals surface area contributed by atoms with Crippen LogP contribution in [0.25, 0.3) is 0 Å². The van der Waals surface area contributed by atoms with Crippen LogP contribution < -0.4 is 5.32 Å². The Hall–Kier alpha value is -1.16. The molecule has 1 aromatic heterocycles. The molecule has 0 aliphatic carbocycles. The van der Waals surface area contributed by atoms with Crippen molar-refractivity contribution < 1.29 is 0 Å². The van der Waals surface area contributed by atoms with E-state index in [1.165, 1.54) is 0 Å². The van der Waals surface area contributed by atoms with E-state index in [1.807, 2.05) is 26.2 Å². The summed E-state index contributed by atoms with van der Waals surface area (Å²) in [4.78, 5) is 0. The molecule has 1 aromatic rings. The number of aryl methyl sites for hydroxylation is 1. The Balaban J connectivity index is 2.37. The lowest BCUT2D eigenvalue weighted by Crippen LogP contribution is -2.23. The van der Waals surface area contributed by atoms with Crippen molar-refractivity contribution in [1.29, 1.82) is 0 Å². The second kappa shape index (κ2) is 4.01. The minimum Gasteiger partial charge on any atom is -0.305 e. The summed E-state index contributed by atoms with van der Waals surface area (Å²) in [6.45, 7) is 6.46. The highest BCUT2D eigenvalue weighted by atomic mass is 15.4. The summed E-state index contributed by atoms with van der Waals surface area (Å²) < 4.78 is 1.69. The Bertz CT molecular complexity index is 253. The molecule has 12 heavy (non-hydrogen) atoms. The Labute approximate surface area is 72.3 Å². The molecule has 0 saturated heterocycles. The molecule has 4 heteroatoms. The van der Waals surface area contributed by atoms with Gasteiger partial charge >= 0.3 is 0 Å². The maximum atomic E-state index is 3.94. The normalized spacial score (nSPS) is 12.8. The van der Waals surface area contributed by atoms with Gasteiger partial charge < -0.3 is 5.32 Å². The van der Waals surface area contributed by atoms with E-state index < -0.39 is 0 Å². The fraction of sp³-hybridized carbons (Fsp3) is 0.500. The van der Waals surface area contributed by atoms with Crippen LogP contribution in [0.5, 0.6) is 0 Å². The zero-order chi connectivity index (χ0) is 8.97. The molecular weight excluding hydrogens is 152 g/mol. The Morgan fingerprint density at radius 2 is 2.58 bits per heavy atom. The van der Waals surface area contributed by atoms with Crippen molar-refractivity contribution in [3.05, 3.63) is 24.5 Å². The minimum absolute atomic E-state index is 0.312. The maximum Gasteiger partial charge on any atom is 0.0964 e. The van der Waals surface area contributed by atoms with Crippen molar-refractivity contribution >= 4 is 0 Å². The highest BCUT2D eigenvalue weighted by Crippen LogP contribution is 1.91. The lowest BCUT2D eigenvalue weighted by atomic mass is 10.3. The van der Waals surface area contributed by atoms with Crippen LogP contribution in [-0.2, 0) is 13.6 Å². The zero-order valence-electron chi connectivity index (χ0n) is 7.49. The summed E-state index contributed by atoms with van der Waals surface area (Å²) in [5, 5.41) is 11.0. The van der Waals surface area contributed by atoms with E-state index >= 15 is 0 Å².